The van der Waals surface area contributed by atoms with E-state index in [2.05, 4.69) is 10.0 Å². The van der Waals surface area contributed by atoms with Crippen LogP contribution in [-0.4, -0.2) is 51.9 Å². The topological polar surface area (TPSA) is 78.5 Å². The quantitative estimate of drug-likeness (QED) is 0.749. The molecule has 1 aromatic rings. The number of nitrogens with zero attached hydrogens (tertiary/aromatic N) is 1. The fourth-order valence-corrected chi connectivity index (χ4v) is 5.49. The highest BCUT2D eigenvalue weighted by Crippen LogP contribution is 2.29. The first-order chi connectivity index (χ1) is 11.4. The van der Waals surface area contributed by atoms with Gasteiger partial charge in [0.2, 0.25) is 15.9 Å². The zero-order valence-electron chi connectivity index (χ0n) is 13.4. The van der Waals surface area contributed by atoms with E-state index in [4.69, 9.17) is 23.2 Å². The number of amides is 1. The van der Waals surface area contributed by atoms with Crippen molar-refractivity contribution in [3.8, 4) is 0 Å². The van der Waals surface area contributed by atoms with Crippen LogP contribution in [0.1, 0.15) is 6.42 Å². The summed E-state index contributed by atoms with van der Waals surface area (Å²) in [5.74, 6) is 1.01. The number of rotatable bonds is 5. The second-order valence-electron chi connectivity index (χ2n) is 6.18. The first kappa shape index (κ1) is 20.7. The van der Waals surface area contributed by atoms with E-state index >= 15 is 0 Å². The predicted molar refractivity (Wildman–Crippen MR) is 99.9 cm³/mol. The van der Waals surface area contributed by atoms with Crippen molar-refractivity contribution in [2.45, 2.75) is 11.3 Å². The highest BCUT2D eigenvalue weighted by Gasteiger charge is 2.37. The van der Waals surface area contributed by atoms with E-state index in [1.807, 2.05) is 4.90 Å². The third-order valence-electron chi connectivity index (χ3n) is 4.56. The predicted octanol–water partition coefficient (Wildman–Crippen LogP) is 1.76. The van der Waals surface area contributed by atoms with Gasteiger partial charge in [-0.3, -0.25) is 4.79 Å². The smallest absolute Gasteiger partial charge is 0.243 e. The molecule has 2 N–H and O–H groups in total. The Bertz CT molecular complexity index is 713. The van der Waals surface area contributed by atoms with Gasteiger partial charge in [0, 0.05) is 39.1 Å². The lowest BCUT2D eigenvalue weighted by Gasteiger charge is -2.17. The Morgan fingerprint density at radius 2 is 1.76 bits per heavy atom. The molecule has 0 radical (unpaired) electrons. The molecule has 3 rings (SSSR count). The molecule has 6 nitrogen and oxygen atoms in total. The SMILES string of the molecule is Cl.O=C(CCNS(=O)(=O)c1c(Cl)cccc1Cl)N1C[C@H]2CNC[C@H]2C1. The Kier molecular flexibility index (Phi) is 6.98. The van der Waals surface area contributed by atoms with Gasteiger partial charge < -0.3 is 10.2 Å². The number of benzene rings is 1. The van der Waals surface area contributed by atoms with Crippen LogP contribution in [0.5, 0.6) is 0 Å². The van der Waals surface area contributed by atoms with Crippen LogP contribution < -0.4 is 10.0 Å². The number of likely N-dealkylation sites (tertiary alicyclic amines) is 1. The average molecular weight is 429 g/mol. The van der Waals surface area contributed by atoms with Crippen LogP contribution in [-0.2, 0) is 14.8 Å². The number of carbonyl (C=O) groups is 1. The molecule has 0 aromatic heterocycles. The van der Waals surface area contributed by atoms with Crippen LogP contribution in [0.3, 0.4) is 0 Å². The molecule has 1 amide bonds. The third-order valence-corrected chi connectivity index (χ3v) is 6.98. The second kappa shape index (κ2) is 8.41. The lowest BCUT2D eigenvalue weighted by atomic mass is 10.0. The van der Waals surface area contributed by atoms with Gasteiger partial charge in [0.25, 0.3) is 0 Å². The first-order valence-corrected chi connectivity index (χ1v) is 10.0. The number of nitrogens with one attached hydrogen (secondary N) is 2. The molecule has 0 spiro atoms. The normalized spacial score (nSPS) is 22.6. The van der Waals surface area contributed by atoms with Crippen molar-refractivity contribution >= 4 is 51.5 Å². The minimum atomic E-state index is -3.85. The highest BCUT2D eigenvalue weighted by molar-refractivity contribution is 7.89. The van der Waals surface area contributed by atoms with Gasteiger partial charge in [-0.05, 0) is 24.0 Å². The Hall–Kier alpha value is -0.570. The number of hydrogen-bond donors (Lipinski definition) is 2. The maximum Gasteiger partial charge on any atom is 0.243 e. The summed E-state index contributed by atoms with van der Waals surface area (Å²) in [5, 5.41) is 3.43. The van der Waals surface area contributed by atoms with Crippen molar-refractivity contribution in [2.75, 3.05) is 32.7 Å². The number of fused-ring (bicyclic) bond motifs is 1. The van der Waals surface area contributed by atoms with Crippen molar-refractivity contribution in [2.24, 2.45) is 11.8 Å². The van der Waals surface area contributed by atoms with Gasteiger partial charge in [-0.1, -0.05) is 29.3 Å². The number of sulfonamides is 1. The molecule has 2 aliphatic heterocycles. The van der Waals surface area contributed by atoms with E-state index in [0.717, 1.165) is 26.2 Å². The lowest BCUT2D eigenvalue weighted by molar-refractivity contribution is -0.130. The molecular weight excluding hydrogens is 409 g/mol. The van der Waals surface area contributed by atoms with Gasteiger partial charge in [0.1, 0.15) is 4.90 Å². The molecule has 1 aromatic carbocycles. The van der Waals surface area contributed by atoms with Crippen molar-refractivity contribution < 1.29 is 13.2 Å². The minimum absolute atomic E-state index is 0. The Morgan fingerprint density at radius 3 is 2.32 bits per heavy atom. The van der Waals surface area contributed by atoms with Gasteiger partial charge >= 0.3 is 0 Å². The monoisotopic (exact) mass is 427 g/mol. The van der Waals surface area contributed by atoms with E-state index in [0.29, 0.717) is 11.8 Å². The first-order valence-electron chi connectivity index (χ1n) is 7.80. The number of hydrogen-bond acceptors (Lipinski definition) is 4. The largest absolute Gasteiger partial charge is 0.342 e. The van der Waals surface area contributed by atoms with E-state index in [9.17, 15) is 13.2 Å². The second-order valence-corrected chi connectivity index (χ2v) is 8.69. The van der Waals surface area contributed by atoms with Crippen LogP contribution in [0.4, 0.5) is 0 Å². The van der Waals surface area contributed by atoms with E-state index in [1.54, 1.807) is 6.07 Å². The van der Waals surface area contributed by atoms with E-state index in [1.165, 1.54) is 12.1 Å². The van der Waals surface area contributed by atoms with Crippen molar-refractivity contribution in [1.29, 1.82) is 0 Å². The van der Waals surface area contributed by atoms with Crippen molar-refractivity contribution in [3.63, 3.8) is 0 Å². The maximum absolute atomic E-state index is 12.3. The number of carbonyl (C=O) groups excluding carboxylic acids is 1. The Labute approximate surface area is 163 Å². The Balaban J connectivity index is 0.00000225. The fraction of sp³-hybridized carbons (Fsp3) is 0.533. The lowest BCUT2D eigenvalue weighted by Crippen LogP contribution is -2.35. The van der Waals surface area contributed by atoms with E-state index < -0.39 is 10.0 Å². The van der Waals surface area contributed by atoms with Gasteiger partial charge in [0.05, 0.1) is 10.0 Å². The summed E-state index contributed by atoms with van der Waals surface area (Å²) in [6, 6.07) is 4.50. The molecule has 2 heterocycles. The van der Waals surface area contributed by atoms with Gasteiger partial charge in [-0.15, -0.1) is 12.4 Å². The standard InChI is InChI=1S/C15H19Cl2N3O3S.ClH/c16-12-2-1-3-13(17)15(12)24(22,23)19-5-4-14(21)20-8-10-6-18-7-11(10)9-20;/h1-3,10-11,18-19H,4-9H2;1H/t10-,11+;. The molecular formula is C15H20Cl3N3O3S. The molecule has 10 heteroatoms. The summed E-state index contributed by atoms with van der Waals surface area (Å²) in [6.45, 7) is 3.42. The summed E-state index contributed by atoms with van der Waals surface area (Å²) in [4.78, 5) is 13.9. The molecule has 2 atom stereocenters. The van der Waals surface area contributed by atoms with Crippen molar-refractivity contribution in [1.82, 2.24) is 14.9 Å². The van der Waals surface area contributed by atoms with E-state index in [-0.39, 0.29) is 46.2 Å². The molecule has 2 aliphatic rings. The summed E-state index contributed by atoms with van der Waals surface area (Å²) in [5.41, 5.74) is 0. The molecule has 25 heavy (non-hydrogen) atoms. The summed E-state index contributed by atoms with van der Waals surface area (Å²) < 4.78 is 27.1. The zero-order valence-corrected chi connectivity index (χ0v) is 16.5. The summed E-state index contributed by atoms with van der Waals surface area (Å²) in [7, 11) is -3.85. The van der Waals surface area contributed by atoms with Crippen molar-refractivity contribution in [3.05, 3.63) is 28.2 Å². The molecule has 140 valence electrons. The van der Waals surface area contributed by atoms with Crippen LogP contribution in [0, 0.1) is 11.8 Å². The van der Waals surface area contributed by atoms with Crippen LogP contribution in [0.2, 0.25) is 10.0 Å². The van der Waals surface area contributed by atoms with Gasteiger partial charge in [-0.25, -0.2) is 13.1 Å². The minimum Gasteiger partial charge on any atom is -0.342 e. The third kappa shape index (κ3) is 4.59. The van der Waals surface area contributed by atoms with Crippen LogP contribution >= 0.6 is 35.6 Å². The average Bonchev–Trinajstić information content (AvgIpc) is 3.07. The molecule has 0 aliphatic carbocycles. The molecule has 0 unspecified atom stereocenters. The summed E-state index contributed by atoms with van der Waals surface area (Å²) >= 11 is 11.9. The highest BCUT2D eigenvalue weighted by atomic mass is 35.5. The molecule has 2 saturated heterocycles. The van der Waals surface area contributed by atoms with Crippen LogP contribution in [0.15, 0.2) is 23.1 Å². The van der Waals surface area contributed by atoms with Gasteiger partial charge in [0.15, 0.2) is 0 Å². The maximum atomic E-state index is 12.3. The van der Waals surface area contributed by atoms with Gasteiger partial charge in [-0.2, -0.15) is 0 Å². The Morgan fingerprint density at radius 1 is 1.20 bits per heavy atom. The molecule has 2 fully saturated rings. The molecule has 0 bridgehead atoms. The van der Waals surface area contributed by atoms with Crippen LogP contribution in [0.25, 0.3) is 0 Å². The zero-order chi connectivity index (χ0) is 17.3. The summed E-state index contributed by atoms with van der Waals surface area (Å²) in [6.07, 6.45) is 0.119. The number of halogens is 3. The molecule has 0 saturated carbocycles. The fourth-order valence-electron chi connectivity index (χ4n) is 3.32.